The third kappa shape index (κ3) is 5.06. The smallest absolute Gasteiger partial charge is 0.350 e. The van der Waals surface area contributed by atoms with E-state index in [4.69, 9.17) is 32.7 Å². The molecule has 3 aromatic rings. The molecule has 9 heteroatoms. The molecule has 0 saturated carbocycles. The third-order valence-electron chi connectivity index (χ3n) is 9.17. The number of benzene rings is 3. The van der Waals surface area contributed by atoms with E-state index in [1.54, 1.807) is 24.3 Å². The largest absolute Gasteiger partial charge is 0.475 e. The van der Waals surface area contributed by atoms with Crippen molar-refractivity contribution in [3.8, 4) is 5.75 Å². The fourth-order valence-electron chi connectivity index (χ4n) is 6.74. The van der Waals surface area contributed by atoms with Crippen molar-refractivity contribution < 1.29 is 23.9 Å². The van der Waals surface area contributed by atoms with Gasteiger partial charge in [-0.25, -0.2) is 4.79 Å². The Kier molecular flexibility index (Phi) is 8.52. The number of nitrogens with one attached hydrogen (secondary N) is 2. The summed E-state index contributed by atoms with van der Waals surface area (Å²) in [4.78, 5) is 41.2. The fraction of sp³-hybridized carbons (Fsp3) is 0.382. The Hall–Kier alpha value is -3.55. The van der Waals surface area contributed by atoms with E-state index in [0.717, 1.165) is 28.7 Å². The summed E-state index contributed by atoms with van der Waals surface area (Å²) >= 11 is 13.1. The lowest BCUT2D eigenvalue weighted by atomic mass is 9.58. The molecule has 1 fully saturated rings. The molecule has 3 atom stereocenters. The van der Waals surface area contributed by atoms with Crippen molar-refractivity contribution in [1.29, 1.82) is 0 Å². The number of anilines is 1. The van der Waals surface area contributed by atoms with Gasteiger partial charge in [-0.3, -0.25) is 9.59 Å². The molecule has 0 aromatic heterocycles. The number of piperidine rings is 1. The maximum atomic E-state index is 14.6. The molecule has 5 rings (SSSR count). The zero-order valence-electron chi connectivity index (χ0n) is 25.0. The van der Waals surface area contributed by atoms with Crippen LogP contribution in [0.5, 0.6) is 5.75 Å². The predicted octanol–water partition coefficient (Wildman–Crippen LogP) is 7.21. The molecule has 226 valence electrons. The third-order valence-corrected chi connectivity index (χ3v) is 9.64. The summed E-state index contributed by atoms with van der Waals surface area (Å²) in [6.45, 7) is 7.70. The second-order valence-corrected chi connectivity index (χ2v) is 12.2. The molecule has 0 radical (unpaired) electrons. The lowest BCUT2D eigenvalue weighted by Gasteiger charge is -2.47. The molecule has 3 aromatic carbocycles. The van der Waals surface area contributed by atoms with Gasteiger partial charge in [0.2, 0.25) is 17.4 Å². The molecule has 2 aliphatic heterocycles. The van der Waals surface area contributed by atoms with Gasteiger partial charge in [-0.15, -0.1) is 0 Å². The van der Waals surface area contributed by atoms with Crippen molar-refractivity contribution in [2.75, 3.05) is 12.4 Å². The standard InChI is InChI=1S/C34H36Cl2N2O5/c1-6-20-10-13-25-27(15-20)37-31(40)34(25)26(18-29(39)38-30(34)23-16-21(35)11-9-19(23)4)24-17-22(36)12-14-28(24)43-33(7-2,8-3)32(41)42-5/h9-17,26,30H,6-8,18H2,1-5H3,(H,37,40)(H,38,39). The van der Waals surface area contributed by atoms with Crippen molar-refractivity contribution in [3.63, 3.8) is 0 Å². The number of hydrogen-bond donors (Lipinski definition) is 2. The Bertz CT molecular complexity index is 1600. The van der Waals surface area contributed by atoms with Gasteiger partial charge in [0.05, 0.1) is 13.2 Å². The van der Waals surface area contributed by atoms with Crippen LogP contribution in [0, 0.1) is 6.92 Å². The van der Waals surface area contributed by atoms with Crippen LogP contribution in [0.1, 0.15) is 79.8 Å². The summed E-state index contributed by atoms with van der Waals surface area (Å²) in [7, 11) is 1.33. The van der Waals surface area contributed by atoms with E-state index < -0.39 is 28.9 Å². The van der Waals surface area contributed by atoms with Gasteiger partial charge in [0, 0.05) is 33.6 Å². The van der Waals surface area contributed by atoms with E-state index in [1.165, 1.54) is 7.11 Å². The molecular formula is C34H36Cl2N2O5. The summed E-state index contributed by atoms with van der Waals surface area (Å²) in [6, 6.07) is 15.8. The molecule has 7 nitrogen and oxygen atoms in total. The average molecular weight is 624 g/mol. The number of hydrogen-bond acceptors (Lipinski definition) is 5. The Morgan fingerprint density at radius 3 is 2.30 bits per heavy atom. The number of ether oxygens (including phenoxy) is 2. The monoisotopic (exact) mass is 622 g/mol. The van der Waals surface area contributed by atoms with Gasteiger partial charge >= 0.3 is 5.97 Å². The van der Waals surface area contributed by atoms with Gasteiger partial charge < -0.3 is 20.1 Å². The van der Waals surface area contributed by atoms with E-state index >= 15 is 0 Å². The highest BCUT2D eigenvalue weighted by Gasteiger charge is 2.62. The van der Waals surface area contributed by atoms with E-state index in [0.29, 0.717) is 39.9 Å². The second kappa shape index (κ2) is 11.9. The van der Waals surface area contributed by atoms with Gasteiger partial charge in [0.15, 0.2) is 0 Å². The van der Waals surface area contributed by atoms with Crippen molar-refractivity contribution in [2.45, 2.75) is 76.4 Å². The molecule has 2 amide bonds. The van der Waals surface area contributed by atoms with Crippen LogP contribution in [-0.4, -0.2) is 30.5 Å². The highest BCUT2D eigenvalue weighted by atomic mass is 35.5. The van der Waals surface area contributed by atoms with Gasteiger partial charge in [0.25, 0.3) is 0 Å². The first-order valence-electron chi connectivity index (χ1n) is 14.6. The molecule has 2 aliphatic rings. The fourth-order valence-corrected chi connectivity index (χ4v) is 7.10. The Morgan fingerprint density at radius 1 is 0.977 bits per heavy atom. The summed E-state index contributed by atoms with van der Waals surface area (Å²) in [5.41, 5.74) is 2.16. The highest BCUT2D eigenvalue weighted by Crippen LogP contribution is 2.59. The Labute approximate surface area is 262 Å². The van der Waals surface area contributed by atoms with Gasteiger partial charge in [0.1, 0.15) is 11.2 Å². The summed E-state index contributed by atoms with van der Waals surface area (Å²) in [5.74, 6) is -1.33. The SMILES string of the molecule is CCc1ccc2c(c1)NC(=O)C21C(c2cc(Cl)ccc2OC(CC)(CC)C(=O)OC)CC(=O)NC1c1cc(Cl)ccc1C. The molecule has 0 aliphatic carbocycles. The lowest BCUT2D eigenvalue weighted by Crippen LogP contribution is -2.57. The average Bonchev–Trinajstić information content (AvgIpc) is 3.29. The first-order valence-corrected chi connectivity index (χ1v) is 15.4. The van der Waals surface area contributed by atoms with Crippen LogP contribution < -0.4 is 15.4 Å². The number of halogens is 2. The van der Waals surface area contributed by atoms with Gasteiger partial charge in [-0.05, 0) is 84.8 Å². The molecule has 1 spiro atoms. The molecule has 1 saturated heterocycles. The first-order chi connectivity index (χ1) is 20.5. The lowest BCUT2D eigenvalue weighted by molar-refractivity contribution is -0.160. The van der Waals surface area contributed by atoms with E-state index in [1.807, 2.05) is 51.1 Å². The van der Waals surface area contributed by atoms with Gasteiger partial charge in [-0.1, -0.05) is 62.2 Å². The van der Waals surface area contributed by atoms with Crippen molar-refractivity contribution in [1.82, 2.24) is 5.32 Å². The van der Waals surface area contributed by atoms with Crippen molar-refractivity contribution in [2.24, 2.45) is 0 Å². The number of carbonyl (C=O) groups is 3. The van der Waals surface area contributed by atoms with E-state index in [9.17, 15) is 14.4 Å². The number of fused-ring (bicyclic) bond motifs is 2. The number of aryl methyl sites for hydroxylation is 2. The van der Waals surface area contributed by atoms with Crippen LogP contribution >= 0.6 is 23.2 Å². The van der Waals surface area contributed by atoms with E-state index in [-0.39, 0.29) is 18.2 Å². The van der Waals surface area contributed by atoms with Crippen molar-refractivity contribution in [3.05, 3.63) is 92.5 Å². The van der Waals surface area contributed by atoms with Gasteiger partial charge in [-0.2, -0.15) is 0 Å². The molecule has 2 heterocycles. The molecule has 0 bridgehead atoms. The van der Waals surface area contributed by atoms with Crippen LogP contribution in [0.4, 0.5) is 5.69 Å². The first kappa shape index (κ1) is 30.9. The molecule has 3 unspecified atom stereocenters. The normalized spacial score (nSPS) is 21.3. The minimum Gasteiger partial charge on any atom is -0.475 e. The second-order valence-electron chi connectivity index (χ2n) is 11.3. The number of carbonyl (C=O) groups excluding carboxylic acids is 3. The minimum absolute atomic E-state index is 0.0152. The highest BCUT2D eigenvalue weighted by molar-refractivity contribution is 6.31. The predicted molar refractivity (Wildman–Crippen MR) is 168 cm³/mol. The number of amides is 2. The molecule has 2 N–H and O–H groups in total. The zero-order valence-corrected chi connectivity index (χ0v) is 26.5. The van der Waals surface area contributed by atoms with E-state index in [2.05, 4.69) is 17.6 Å². The summed E-state index contributed by atoms with van der Waals surface area (Å²) < 4.78 is 11.7. The summed E-state index contributed by atoms with van der Waals surface area (Å²) in [6.07, 6.45) is 1.48. The molecule has 43 heavy (non-hydrogen) atoms. The quantitative estimate of drug-likeness (QED) is 0.259. The maximum Gasteiger partial charge on any atom is 0.350 e. The van der Waals surface area contributed by atoms with Crippen LogP contribution in [0.15, 0.2) is 54.6 Å². The maximum absolute atomic E-state index is 14.6. The van der Waals surface area contributed by atoms with Crippen molar-refractivity contribution >= 4 is 46.7 Å². The Morgan fingerprint density at radius 2 is 1.65 bits per heavy atom. The number of methoxy groups -OCH3 is 1. The molecular weight excluding hydrogens is 587 g/mol. The zero-order chi connectivity index (χ0) is 31.1. The van der Waals surface area contributed by atoms with Crippen LogP contribution in [-0.2, 0) is 31.0 Å². The Balaban J connectivity index is 1.81. The topological polar surface area (TPSA) is 93.7 Å². The van der Waals surface area contributed by atoms with Crippen LogP contribution in [0.2, 0.25) is 10.0 Å². The number of esters is 1. The summed E-state index contributed by atoms with van der Waals surface area (Å²) in [5, 5.41) is 7.21. The number of rotatable bonds is 8. The van der Waals surface area contributed by atoms with Crippen LogP contribution in [0.3, 0.4) is 0 Å². The van der Waals surface area contributed by atoms with Crippen LogP contribution in [0.25, 0.3) is 0 Å². The minimum atomic E-state index is -1.29.